The van der Waals surface area contributed by atoms with Gasteiger partial charge in [-0.1, -0.05) is 13.8 Å². The highest BCUT2D eigenvalue weighted by molar-refractivity contribution is 5.92. The average molecular weight is 245 g/mol. The van der Waals surface area contributed by atoms with E-state index < -0.39 is 0 Å². The summed E-state index contributed by atoms with van der Waals surface area (Å²) >= 11 is 0. The van der Waals surface area contributed by atoms with E-state index in [0.717, 1.165) is 23.4 Å². The Labute approximate surface area is 108 Å². The number of phenols is 1. The Morgan fingerprint density at radius 2 is 2.00 bits per heavy atom. The Bertz CT molecular complexity index is 515. The highest BCUT2D eigenvalue weighted by atomic mass is 16.3. The summed E-state index contributed by atoms with van der Waals surface area (Å²) < 4.78 is 0. The molecule has 3 heteroatoms. The van der Waals surface area contributed by atoms with Crippen molar-refractivity contribution in [3.05, 3.63) is 35.5 Å². The van der Waals surface area contributed by atoms with Crippen molar-refractivity contribution < 1.29 is 9.90 Å². The molecule has 1 aliphatic carbocycles. The second kappa shape index (κ2) is 4.48. The molecular weight excluding hydrogens is 226 g/mol. The van der Waals surface area contributed by atoms with Crippen LogP contribution in [0.1, 0.15) is 32.3 Å². The summed E-state index contributed by atoms with van der Waals surface area (Å²) in [4.78, 5) is 11.7. The number of carbonyl (C=O) groups is 1. The first-order chi connectivity index (χ1) is 8.35. The molecule has 0 amide bonds. The van der Waals surface area contributed by atoms with Crippen LogP contribution < -0.4 is 5.32 Å². The maximum Gasteiger partial charge on any atom is 0.157 e. The molecule has 18 heavy (non-hydrogen) atoms. The van der Waals surface area contributed by atoms with Crippen molar-refractivity contribution in [1.82, 2.24) is 0 Å². The smallest absolute Gasteiger partial charge is 0.157 e. The summed E-state index contributed by atoms with van der Waals surface area (Å²) in [5.74, 6) is 0.428. The zero-order valence-electron chi connectivity index (χ0n) is 11.1. The number of aryl methyl sites for hydroxylation is 1. The van der Waals surface area contributed by atoms with Gasteiger partial charge in [-0.25, -0.2) is 0 Å². The summed E-state index contributed by atoms with van der Waals surface area (Å²) in [5.41, 5.74) is 2.86. The largest absolute Gasteiger partial charge is 0.508 e. The Balaban J connectivity index is 2.21. The van der Waals surface area contributed by atoms with Gasteiger partial charge < -0.3 is 10.4 Å². The van der Waals surface area contributed by atoms with Crippen LogP contribution in [0, 0.1) is 12.3 Å². The SMILES string of the molecule is Cc1cc(O)ccc1NC1=CC(=O)CC(C)(C)C1. The van der Waals surface area contributed by atoms with E-state index in [1.807, 2.05) is 13.0 Å². The number of rotatable bonds is 2. The van der Waals surface area contributed by atoms with E-state index in [9.17, 15) is 9.90 Å². The number of benzene rings is 1. The minimum absolute atomic E-state index is 0.0129. The number of hydrogen-bond donors (Lipinski definition) is 2. The highest BCUT2D eigenvalue weighted by Crippen LogP contribution is 2.34. The first-order valence-electron chi connectivity index (χ1n) is 6.16. The van der Waals surface area contributed by atoms with Crippen LogP contribution in [-0.4, -0.2) is 10.9 Å². The van der Waals surface area contributed by atoms with Crippen LogP contribution in [0.15, 0.2) is 30.0 Å². The predicted molar refractivity (Wildman–Crippen MR) is 72.6 cm³/mol. The van der Waals surface area contributed by atoms with Gasteiger partial charge in [-0.2, -0.15) is 0 Å². The molecule has 0 fully saturated rings. The van der Waals surface area contributed by atoms with Gasteiger partial charge >= 0.3 is 0 Å². The molecule has 1 aliphatic rings. The molecule has 0 atom stereocenters. The number of phenolic OH excluding ortho intramolecular Hbond substituents is 1. The molecule has 1 aromatic carbocycles. The number of anilines is 1. The van der Waals surface area contributed by atoms with E-state index in [2.05, 4.69) is 19.2 Å². The lowest BCUT2D eigenvalue weighted by Gasteiger charge is -2.29. The zero-order chi connectivity index (χ0) is 13.3. The Kier molecular flexibility index (Phi) is 3.16. The molecule has 2 N–H and O–H groups in total. The normalized spacial score (nSPS) is 18.4. The van der Waals surface area contributed by atoms with E-state index in [0.29, 0.717) is 6.42 Å². The van der Waals surface area contributed by atoms with Crippen LogP contribution in [0.2, 0.25) is 0 Å². The lowest BCUT2D eigenvalue weighted by Crippen LogP contribution is -2.24. The molecule has 2 rings (SSSR count). The van der Waals surface area contributed by atoms with Crippen LogP contribution in [0.25, 0.3) is 0 Å². The van der Waals surface area contributed by atoms with Gasteiger partial charge in [0.2, 0.25) is 0 Å². The van der Waals surface area contributed by atoms with E-state index in [4.69, 9.17) is 0 Å². The quantitative estimate of drug-likeness (QED) is 0.785. The van der Waals surface area contributed by atoms with Crippen molar-refractivity contribution in [2.75, 3.05) is 5.32 Å². The fourth-order valence-electron chi connectivity index (χ4n) is 2.39. The van der Waals surface area contributed by atoms with Crippen molar-refractivity contribution in [1.29, 1.82) is 0 Å². The first-order valence-corrected chi connectivity index (χ1v) is 6.16. The number of nitrogens with one attached hydrogen (secondary N) is 1. The van der Waals surface area contributed by atoms with Crippen molar-refractivity contribution >= 4 is 11.5 Å². The fraction of sp³-hybridized carbons (Fsp3) is 0.400. The topological polar surface area (TPSA) is 49.3 Å². The maximum absolute atomic E-state index is 11.7. The molecule has 0 bridgehead atoms. The van der Waals surface area contributed by atoms with Gasteiger partial charge in [0.05, 0.1) is 0 Å². The van der Waals surface area contributed by atoms with Gasteiger partial charge in [0.1, 0.15) is 5.75 Å². The number of aromatic hydroxyl groups is 1. The molecule has 0 saturated carbocycles. The molecule has 96 valence electrons. The monoisotopic (exact) mass is 245 g/mol. The van der Waals surface area contributed by atoms with Gasteiger partial charge in [-0.3, -0.25) is 4.79 Å². The lowest BCUT2D eigenvalue weighted by molar-refractivity contribution is -0.117. The first kappa shape index (κ1) is 12.7. The van der Waals surface area contributed by atoms with Crippen molar-refractivity contribution in [3.8, 4) is 5.75 Å². The molecule has 0 heterocycles. The zero-order valence-corrected chi connectivity index (χ0v) is 11.1. The Morgan fingerprint density at radius 1 is 1.28 bits per heavy atom. The van der Waals surface area contributed by atoms with Gasteiger partial charge in [0.15, 0.2) is 5.78 Å². The molecule has 0 spiro atoms. The number of ketones is 1. The summed E-state index contributed by atoms with van der Waals surface area (Å²) in [6.45, 7) is 6.13. The van der Waals surface area contributed by atoms with Gasteiger partial charge in [0, 0.05) is 23.9 Å². The molecule has 0 aromatic heterocycles. The van der Waals surface area contributed by atoms with Crippen molar-refractivity contribution in [2.45, 2.75) is 33.6 Å². The van der Waals surface area contributed by atoms with E-state index in [1.54, 1.807) is 18.2 Å². The van der Waals surface area contributed by atoms with Crippen molar-refractivity contribution in [2.24, 2.45) is 5.41 Å². The highest BCUT2D eigenvalue weighted by Gasteiger charge is 2.27. The molecule has 0 saturated heterocycles. The van der Waals surface area contributed by atoms with Crippen LogP contribution in [0.4, 0.5) is 5.69 Å². The van der Waals surface area contributed by atoms with E-state index >= 15 is 0 Å². The minimum atomic E-state index is 0.0129. The third kappa shape index (κ3) is 2.92. The average Bonchev–Trinajstić information content (AvgIpc) is 2.19. The minimum Gasteiger partial charge on any atom is -0.508 e. The third-order valence-corrected chi connectivity index (χ3v) is 3.16. The van der Waals surface area contributed by atoms with E-state index in [1.165, 1.54) is 0 Å². The maximum atomic E-state index is 11.7. The fourth-order valence-corrected chi connectivity index (χ4v) is 2.39. The second-order valence-corrected chi connectivity index (χ2v) is 5.78. The Morgan fingerprint density at radius 3 is 2.61 bits per heavy atom. The van der Waals surface area contributed by atoms with Gasteiger partial charge in [-0.15, -0.1) is 0 Å². The standard InChI is InChI=1S/C15H19NO2/c1-10-6-12(17)4-5-14(10)16-11-7-13(18)9-15(2,3)8-11/h4-7,16-17H,8-9H2,1-3H3. The van der Waals surface area contributed by atoms with Crippen LogP contribution >= 0.6 is 0 Å². The molecule has 0 radical (unpaired) electrons. The van der Waals surface area contributed by atoms with Crippen LogP contribution in [-0.2, 0) is 4.79 Å². The third-order valence-electron chi connectivity index (χ3n) is 3.16. The lowest BCUT2D eigenvalue weighted by atomic mass is 9.79. The molecule has 0 aliphatic heterocycles. The van der Waals surface area contributed by atoms with E-state index in [-0.39, 0.29) is 16.9 Å². The van der Waals surface area contributed by atoms with Gasteiger partial charge in [-0.05, 0) is 42.5 Å². The van der Waals surface area contributed by atoms with Crippen molar-refractivity contribution in [3.63, 3.8) is 0 Å². The number of hydrogen-bond acceptors (Lipinski definition) is 3. The summed E-state index contributed by atoms with van der Waals surface area (Å²) in [7, 11) is 0. The molecule has 0 unspecified atom stereocenters. The predicted octanol–water partition coefficient (Wildman–Crippen LogP) is 3.39. The summed E-state index contributed by atoms with van der Waals surface area (Å²) in [5, 5.41) is 12.7. The Hall–Kier alpha value is -1.77. The second-order valence-electron chi connectivity index (χ2n) is 5.78. The number of allylic oxidation sites excluding steroid dienone is 2. The number of carbonyl (C=O) groups excluding carboxylic acids is 1. The van der Waals surface area contributed by atoms with Crippen LogP contribution in [0.3, 0.4) is 0 Å². The van der Waals surface area contributed by atoms with Crippen LogP contribution in [0.5, 0.6) is 5.75 Å². The van der Waals surface area contributed by atoms with Gasteiger partial charge in [0.25, 0.3) is 0 Å². The molecule has 1 aromatic rings. The molecule has 3 nitrogen and oxygen atoms in total. The summed E-state index contributed by atoms with van der Waals surface area (Å²) in [6.07, 6.45) is 3.16. The molecular formula is C15H19NO2. The summed E-state index contributed by atoms with van der Waals surface area (Å²) in [6, 6.07) is 5.18.